The number of allylic oxidation sites excluding steroid dienone is 1. The first-order valence-electron chi connectivity index (χ1n) is 9.65. The van der Waals surface area contributed by atoms with Crippen LogP contribution in [0, 0.1) is 29.1 Å². The van der Waals surface area contributed by atoms with Crippen molar-refractivity contribution in [2.24, 2.45) is 16.7 Å². The number of ketones is 1. The molecule has 146 valence electrons. The van der Waals surface area contributed by atoms with Gasteiger partial charge in [-0.2, -0.15) is 0 Å². The summed E-state index contributed by atoms with van der Waals surface area (Å²) < 4.78 is 6.81. The summed E-state index contributed by atoms with van der Waals surface area (Å²) >= 11 is 0. The normalized spacial score (nSPS) is 37.6. The Labute approximate surface area is 160 Å². The van der Waals surface area contributed by atoms with Crippen molar-refractivity contribution in [1.82, 2.24) is 0 Å². The number of carbonyl (C=O) groups is 1. The highest BCUT2D eigenvalue weighted by molar-refractivity contribution is 6.74. The van der Waals surface area contributed by atoms with Crippen LogP contribution >= 0.6 is 0 Å². The van der Waals surface area contributed by atoms with E-state index in [1.54, 1.807) is 13.0 Å². The van der Waals surface area contributed by atoms with Gasteiger partial charge >= 0.3 is 0 Å². The first kappa shape index (κ1) is 21.4. The molecule has 0 saturated heterocycles. The van der Waals surface area contributed by atoms with Gasteiger partial charge < -0.3 is 9.53 Å². The molecule has 0 unspecified atom stereocenters. The van der Waals surface area contributed by atoms with Gasteiger partial charge in [0.1, 0.15) is 0 Å². The fourth-order valence-electron chi connectivity index (χ4n) is 4.88. The lowest BCUT2D eigenvalue weighted by Gasteiger charge is -2.61. The topological polar surface area (TPSA) is 46.5 Å². The van der Waals surface area contributed by atoms with Crippen LogP contribution in [0.5, 0.6) is 0 Å². The van der Waals surface area contributed by atoms with Crippen molar-refractivity contribution in [3.63, 3.8) is 0 Å². The molecule has 2 aliphatic carbocycles. The Morgan fingerprint density at radius 2 is 1.85 bits per heavy atom. The third-order valence-corrected chi connectivity index (χ3v) is 12.0. The number of hydrogen-bond donors (Lipinski definition) is 1. The van der Waals surface area contributed by atoms with E-state index in [9.17, 15) is 9.90 Å². The Bertz CT molecular complexity index is 676. The zero-order valence-electron chi connectivity index (χ0n) is 18.0. The summed E-state index contributed by atoms with van der Waals surface area (Å²) in [7, 11) is -2.09. The molecule has 1 fully saturated rings. The van der Waals surface area contributed by atoms with Crippen LogP contribution in [0.4, 0.5) is 0 Å². The van der Waals surface area contributed by atoms with E-state index in [4.69, 9.17) is 10.8 Å². The Morgan fingerprint density at radius 3 is 2.31 bits per heavy atom. The molecule has 0 bridgehead atoms. The summed E-state index contributed by atoms with van der Waals surface area (Å²) in [6, 6.07) is 0. The lowest BCUT2D eigenvalue weighted by Crippen LogP contribution is -2.68. The van der Waals surface area contributed by atoms with Crippen molar-refractivity contribution < 1.29 is 14.3 Å². The smallest absolute Gasteiger partial charge is 0.192 e. The van der Waals surface area contributed by atoms with Crippen molar-refractivity contribution >= 4 is 14.1 Å². The van der Waals surface area contributed by atoms with Crippen LogP contribution in [0.15, 0.2) is 11.6 Å². The van der Waals surface area contributed by atoms with Gasteiger partial charge in [0.2, 0.25) is 0 Å². The van der Waals surface area contributed by atoms with E-state index in [1.165, 1.54) is 0 Å². The number of carbonyl (C=O) groups excluding carboxylic acids is 1. The maximum Gasteiger partial charge on any atom is 0.192 e. The largest absolute Gasteiger partial charge is 0.413 e. The quantitative estimate of drug-likeness (QED) is 0.561. The summed E-state index contributed by atoms with van der Waals surface area (Å²) in [5.74, 6) is 2.36. The summed E-state index contributed by atoms with van der Waals surface area (Å²) in [6.45, 7) is 19.0. The molecule has 0 aromatic heterocycles. The van der Waals surface area contributed by atoms with E-state index in [1.807, 2.05) is 6.92 Å². The molecule has 0 heterocycles. The van der Waals surface area contributed by atoms with Gasteiger partial charge in [-0.15, -0.1) is 6.42 Å². The van der Waals surface area contributed by atoms with Gasteiger partial charge in [0.15, 0.2) is 19.7 Å². The first-order valence-corrected chi connectivity index (χ1v) is 12.6. The van der Waals surface area contributed by atoms with Gasteiger partial charge in [-0.3, -0.25) is 4.79 Å². The van der Waals surface area contributed by atoms with Gasteiger partial charge in [-0.1, -0.05) is 47.5 Å². The van der Waals surface area contributed by atoms with Crippen LogP contribution in [0.1, 0.15) is 61.3 Å². The fraction of sp³-hybridized carbons (Fsp3) is 0.773. The number of terminal acetylenes is 1. The summed E-state index contributed by atoms with van der Waals surface area (Å²) in [5.41, 5.74) is -1.99. The predicted molar refractivity (Wildman–Crippen MR) is 109 cm³/mol. The average Bonchev–Trinajstić information content (AvgIpc) is 2.46. The number of rotatable bonds is 2. The first-order chi connectivity index (χ1) is 11.5. The molecule has 0 aromatic rings. The van der Waals surface area contributed by atoms with Crippen molar-refractivity contribution in [2.45, 2.75) is 91.1 Å². The maximum absolute atomic E-state index is 13.1. The van der Waals surface area contributed by atoms with E-state index < -0.39 is 19.3 Å². The minimum absolute atomic E-state index is 0.0453. The minimum Gasteiger partial charge on any atom is -0.413 e. The molecule has 26 heavy (non-hydrogen) atoms. The van der Waals surface area contributed by atoms with Gasteiger partial charge in [0.25, 0.3) is 0 Å². The Balaban J connectivity index is 2.66. The SMILES string of the molecule is C#C[C@@]1(O)C(C)=CC(=O)[C@@H]2C(C)(C)CC[C@H](O[Si](C)(C)C(C)(C)C)[C@@]21C. The second-order valence-electron chi connectivity index (χ2n) is 10.7. The molecule has 1 N–H and O–H groups in total. The van der Waals surface area contributed by atoms with Crippen LogP contribution in [0.2, 0.25) is 18.1 Å². The molecule has 0 aliphatic heterocycles. The van der Waals surface area contributed by atoms with E-state index in [2.05, 4.69) is 53.6 Å². The summed E-state index contributed by atoms with van der Waals surface area (Å²) in [4.78, 5) is 13.1. The lowest BCUT2D eigenvalue weighted by molar-refractivity contribution is -0.179. The van der Waals surface area contributed by atoms with Gasteiger partial charge in [0, 0.05) is 11.3 Å². The van der Waals surface area contributed by atoms with Crippen LogP contribution in [0.3, 0.4) is 0 Å². The molecular weight excluding hydrogens is 340 g/mol. The van der Waals surface area contributed by atoms with Crippen LogP contribution in [0.25, 0.3) is 0 Å². The van der Waals surface area contributed by atoms with E-state index in [0.717, 1.165) is 12.8 Å². The second-order valence-corrected chi connectivity index (χ2v) is 15.5. The molecule has 0 amide bonds. The molecule has 2 aliphatic rings. The lowest BCUT2D eigenvalue weighted by atomic mass is 9.46. The standard InChI is InChI=1S/C22H36O3Si/c1-11-22(24)15(2)14-16(23)18-20(6,7)13-12-17(21(18,22)8)25-26(9,10)19(3,4)5/h1,14,17-18,24H,12-13H2,2-10H3/t17-,18+,21-,22+/m0/s1. The van der Waals surface area contributed by atoms with E-state index in [-0.39, 0.29) is 28.3 Å². The monoisotopic (exact) mass is 376 g/mol. The Kier molecular flexibility index (Phi) is 4.99. The van der Waals surface area contributed by atoms with Crippen molar-refractivity contribution in [1.29, 1.82) is 0 Å². The molecule has 0 spiro atoms. The van der Waals surface area contributed by atoms with Crippen molar-refractivity contribution in [2.75, 3.05) is 0 Å². The van der Waals surface area contributed by atoms with Gasteiger partial charge in [0.05, 0.1) is 6.10 Å². The molecule has 0 aromatic carbocycles. The average molecular weight is 377 g/mol. The fourth-order valence-corrected chi connectivity index (χ4v) is 6.30. The van der Waals surface area contributed by atoms with Crippen molar-refractivity contribution in [3.05, 3.63) is 11.6 Å². The highest BCUT2D eigenvalue weighted by Gasteiger charge is 2.67. The predicted octanol–water partition coefficient (Wildman–Crippen LogP) is 4.71. The third kappa shape index (κ3) is 2.84. The maximum atomic E-state index is 13.1. The second kappa shape index (κ2) is 6.05. The molecule has 3 nitrogen and oxygen atoms in total. The Morgan fingerprint density at radius 1 is 1.31 bits per heavy atom. The van der Waals surface area contributed by atoms with E-state index >= 15 is 0 Å². The minimum atomic E-state index is -2.09. The zero-order valence-corrected chi connectivity index (χ0v) is 19.0. The zero-order chi connectivity index (χ0) is 20.3. The van der Waals surface area contributed by atoms with Crippen molar-refractivity contribution in [3.8, 4) is 12.3 Å². The van der Waals surface area contributed by atoms with Crippen LogP contribution in [-0.2, 0) is 9.22 Å². The summed E-state index contributed by atoms with van der Waals surface area (Å²) in [5, 5.41) is 11.6. The highest BCUT2D eigenvalue weighted by Crippen LogP contribution is 2.61. The number of fused-ring (bicyclic) bond motifs is 1. The van der Waals surface area contributed by atoms with Gasteiger partial charge in [-0.05, 0) is 55.0 Å². The van der Waals surface area contributed by atoms with Gasteiger partial charge in [-0.25, -0.2) is 0 Å². The molecule has 2 rings (SSSR count). The molecule has 0 radical (unpaired) electrons. The van der Waals surface area contributed by atoms with Crippen LogP contribution < -0.4 is 0 Å². The third-order valence-electron chi connectivity index (χ3n) is 7.55. The molecule has 4 atom stereocenters. The molecule has 1 saturated carbocycles. The molecular formula is C22H36O3Si. The Hall–Kier alpha value is -0.893. The van der Waals surface area contributed by atoms with Crippen LogP contribution in [-0.4, -0.2) is 30.9 Å². The number of hydrogen-bond acceptors (Lipinski definition) is 3. The summed E-state index contributed by atoms with van der Waals surface area (Å²) in [6.07, 6.45) is 8.87. The van der Waals surface area contributed by atoms with E-state index in [0.29, 0.717) is 5.57 Å². The number of aliphatic hydroxyl groups is 1. The highest BCUT2D eigenvalue weighted by atomic mass is 28.4. The molecule has 4 heteroatoms.